The van der Waals surface area contributed by atoms with Crippen molar-refractivity contribution >= 4 is 20.9 Å². The van der Waals surface area contributed by atoms with Crippen LogP contribution in [-0.2, 0) is 10.3 Å². The Morgan fingerprint density at radius 3 is 2.45 bits per heavy atom. The summed E-state index contributed by atoms with van der Waals surface area (Å²) in [5.41, 5.74) is -0.482. The highest BCUT2D eigenvalue weighted by Gasteiger charge is 2.26. The molecule has 0 fully saturated rings. The predicted octanol–water partition coefficient (Wildman–Crippen LogP) is 1.82. The van der Waals surface area contributed by atoms with E-state index in [0.717, 1.165) is 6.08 Å². The molecule has 112 valence electrons. The summed E-state index contributed by atoms with van der Waals surface area (Å²) >= 11 is 0. The first-order chi connectivity index (χ1) is 10.5. The summed E-state index contributed by atoms with van der Waals surface area (Å²) in [4.78, 5) is 22.6. The van der Waals surface area contributed by atoms with Crippen molar-refractivity contribution in [2.45, 2.75) is 0 Å². The average Bonchev–Trinajstić information content (AvgIpc) is 2.52. The van der Waals surface area contributed by atoms with Gasteiger partial charge in [0, 0.05) is 17.6 Å². The fourth-order valence-corrected chi connectivity index (χ4v) is 2.53. The van der Waals surface area contributed by atoms with Crippen LogP contribution in [0.1, 0.15) is 10.4 Å². The maximum atomic E-state index is 12.2. The van der Waals surface area contributed by atoms with Crippen molar-refractivity contribution in [2.75, 3.05) is 0 Å². The molecule has 0 radical (unpaired) electrons. The van der Waals surface area contributed by atoms with E-state index < -0.39 is 32.6 Å². The van der Waals surface area contributed by atoms with Gasteiger partial charge in [0.15, 0.2) is 0 Å². The summed E-state index contributed by atoms with van der Waals surface area (Å²) < 4.78 is 22.3. The van der Waals surface area contributed by atoms with Crippen molar-refractivity contribution in [3.63, 3.8) is 0 Å². The van der Waals surface area contributed by atoms with E-state index in [9.17, 15) is 23.3 Å². The van der Waals surface area contributed by atoms with Crippen LogP contribution in [0.3, 0.4) is 0 Å². The first-order valence-electron chi connectivity index (χ1n) is 6.27. The Hall–Kier alpha value is -2.80. The monoisotopic (exact) mass is 317 g/mol. The van der Waals surface area contributed by atoms with Gasteiger partial charge in [0.2, 0.25) is 10.3 Å². The van der Waals surface area contributed by atoms with Crippen LogP contribution < -0.4 is 0 Å². The van der Waals surface area contributed by atoms with Gasteiger partial charge in [-0.1, -0.05) is 48.6 Å². The number of nitro groups is 1. The number of ketones is 1. The standard InChI is InChI=1S/C15H11NO5S/c17-15(11-6-2-1-3-7-11)13(16(18)19)10-12-8-4-5-9-14(12)22(20)21/h1-10,12H. The lowest BCUT2D eigenvalue weighted by Crippen LogP contribution is -2.17. The minimum absolute atomic E-state index is 0.0253. The van der Waals surface area contributed by atoms with Gasteiger partial charge in [-0.05, 0) is 6.08 Å². The molecule has 0 aromatic heterocycles. The van der Waals surface area contributed by atoms with Crippen LogP contribution >= 0.6 is 0 Å². The van der Waals surface area contributed by atoms with Gasteiger partial charge < -0.3 is 0 Å². The molecule has 2 rings (SSSR count). The van der Waals surface area contributed by atoms with Crippen molar-refractivity contribution in [1.82, 2.24) is 0 Å². The second kappa shape index (κ2) is 6.77. The zero-order valence-corrected chi connectivity index (χ0v) is 12.1. The van der Waals surface area contributed by atoms with Gasteiger partial charge in [-0.15, -0.1) is 0 Å². The molecular formula is C15H11NO5S. The van der Waals surface area contributed by atoms with Crippen LogP contribution in [0.25, 0.3) is 0 Å². The van der Waals surface area contributed by atoms with Gasteiger partial charge in [0.1, 0.15) is 0 Å². The van der Waals surface area contributed by atoms with Gasteiger partial charge in [-0.25, -0.2) is 0 Å². The number of carbonyl (C=O) groups is 1. The van der Waals surface area contributed by atoms with Crippen LogP contribution in [0.4, 0.5) is 0 Å². The number of Topliss-reactive ketones (excluding diaryl/α,β-unsaturated/α-hetero) is 1. The lowest BCUT2D eigenvalue weighted by atomic mass is 9.97. The highest BCUT2D eigenvalue weighted by molar-refractivity contribution is 7.73. The number of carbonyl (C=O) groups excluding carboxylic acids is 1. The number of hydrogen-bond donors (Lipinski definition) is 0. The molecule has 0 N–H and O–H groups in total. The number of rotatable bonds is 4. The molecule has 0 bridgehead atoms. The summed E-state index contributed by atoms with van der Waals surface area (Å²) in [5, 5.41) is 11.2. The fourth-order valence-electron chi connectivity index (χ4n) is 1.97. The van der Waals surface area contributed by atoms with Crippen molar-refractivity contribution in [1.29, 1.82) is 0 Å². The Kier molecular flexibility index (Phi) is 4.80. The molecule has 0 spiro atoms. The van der Waals surface area contributed by atoms with Crippen molar-refractivity contribution < 1.29 is 18.1 Å². The van der Waals surface area contributed by atoms with Gasteiger partial charge in [0.05, 0.1) is 9.79 Å². The maximum absolute atomic E-state index is 12.2. The van der Waals surface area contributed by atoms with E-state index in [1.807, 2.05) is 0 Å². The summed E-state index contributed by atoms with van der Waals surface area (Å²) in [5.74, 6) is -1.60. The molecule has 0 saturated carbocycles. The van der Waals surface area contributed by atoms with Gasteiger partial charge in [0.25, 0.3) is 5.78 Å². The summed E-state index contributed by atoms with van der Waals surface area (Å²) in [6.45, 7) is 0. The van der Waals surface area contributed by atoms with E-state index in [-0.39, 0.29) is 10.4 Å². The van der Waals surface area contributed by atoms with Crippen LogP contribution in [-0.4, -0.2) is 24.0 Å². The van der Waals surface area contributed by atoms with E-state index in [1.54, 1.807) is 24.3 Å². The van der Waals surface area contributed by atoms with E-state index in [2.05, 4.69) is 0 Å². The topological polar surface area (TPSA) is 94.3 Å². The minimum Gasteiger partial charge on any atom is -0.282 e. The van der Waals surface area contributed by atoms with E-state index in [1.165, 1.54) is 30.4 Å². The van der Waals surface area contributed by atoms with Crippen molar-refractivity contribution in [3.05, 3.63) is 82.1 Å². The molecule has 1 aliphatic rings. The molecule has 1 aromatic carbocycles. The molecule has 0 saturated heterocycles. The third-order valence-corrected chi connectivity index (χ3v) is 3.81. The Morgan fingerprint density at radius 2 is 1.86 bits per heavy atom. The molecule has 7 heteroatoms. The Labute approximate surface area is 127 Å². The normalized spacial score (nSPS) is 17.4. The van der Waals surface area contributed by atoms with Crippen molar-refractivity contribution in [2.24, 2.45) is 5.92 Å². The molecule has 0 aliphatic heterocycles. The van der Waals surface area contributed by atoms with Gasteiger partial charge in [-0.3, -0.25) is 14.9 Å². The second-order valence-electron chi connectivity index (χ2n) is 4.41. The Bertz CT molecular complexity index is 824. The van der Waals surface area contributed by atoms with Crippen LogP contribution in [0.5, 0.6) is 0 Å². The van der Waals surface area contributed by atoms with Gasteiger partial charge >= 0.3 is 5.70 Å². The second-order valence-corrected chi connectivity index (χ2v) is 5.35. The number of hydrogen-bond acceptors (Lipinski definition) is 5. The summed E-state index contributed by atoms with van der Waals surface area (Å²) in [6.07, 6.45) is 6.96. The number of allylic oxidation sites excluding steroid dienone is 6. The van der Waals surface area contributed by atoms with E-state index in [4.69, 9.17) is 0 Å². The number of benzene rings is 1. The Morgan fingerprint density at radius 1 is 1.18 bits per heavy atom. The average molecular weight is 317 g/mol. The SMILES string of the molecule is O=C(C(=CC1C=CC=CC1=S(=O)=O)[N+](=O)[O-])c1ccccc1. The molecule has 1 atom stereocenters. The lowest BCUT2D eigenvalue weighted by Gasteiger charge is -2.08. The quantitative estimate of drug-likeness (QED) is 0.277. The molecular weight excluding hydrogens is 306 g/mol. The van der Waals surface area contributed by atoms with E-state index in [0.29, 0.717) is 0 Å². The first kappa shape index (κ1) is 15.6. The van der Waals surface area contributed by atoms with Crippen molar-refractivity contribution in [3.8, 4) is 0 Å². The lowest BCUT2D eigenvalue weighted by molar-refractivity contribution is -0.417. The highest BCUT2D eigenvalue weighted by Crippen LogP contribution is 2.16. The smallest absolute Gasteiger partial charge is 0.282 e. The highest BCUT2D eigenvalue weighted by atomic mass is 32.2. The largest absolute Gasteiger partial charge is 0.313 e. The number of nitrogens with zero attached hydrogens (tertiary/aromatic N) is 1. The first-order valence-corrected chi connectivity index (χ1v) is 7.35. The zero-order valence-electron chi connectivity index (χ0n) is 11.2. The summed E-state index contributed by atoms with van der Waals surface area (Å²) in [6, 6.07) is 7.81. The van der Waals surface area contributed by atoms with Crippen LogP contribution in [0, 0.1) is 16.0 Å². The molecule has 22 heavy (non-hydrogen) atoms. The van der Waals surface area contributed by atoms with Gasteiger partial charge in [-0.2, -0.15) is 8.42 Å². The zero-order chi connectivity index (χ0) is 16.1. The maximum Gasteiger partial charge on any atom is 0.313 e. The third kappa shape index (κ3) is 3.44. The summed E-state index contributed by atoms with van der Waals surface area (Å²) in [7, 11) is -2.52. The Balaban J connectivity index is 2.47. The predicted molar refractivity (Wildman–Crippen MR) is 81.5 cm³/mol. The molecule has 1 aliphatic carbocycles. The van der Waals surface area contributed by atoms with E-state index >= 15 is 0 Å². The third-order valence-electron chi connectivity index (χ3n) is 3.01. The molecule has 0 heterocycles. The van der Waals surface area contributed by atoms with Crippen LogP contribution in [0.2, 0.25) is 0 Å². The molecule has 1 unspecified atom stereocenters. The molecule has 1 aromatic rings. The molecule has 6 nitrogen and oxygen atoms in total. The van der Waals surface area contributed by atoms with Crippen LogP contribution in [0.15, 0.2) is 66.4 Å². The molecule has 0 amide bonds. The fraction of sp³-hybridized carbons (Fsp3) is 0.0667. The minimum atomic E-state index is -2.52.